The molecule has 0 aliphatic carbocycles. The second-order valence-electron chi connectivity index (χ2n) is 12.2. The molecule has 3 atom stereocenters. The van der Waals surface area contributed by atoms with Crippen molar-refractivity contribution < 1.29 is 18.8 Å². The summed E-state index contributed by atoms with van der Waals surface area (Å²) in [6.07, 6.45) is -0.534. The molecule has 1 N–H and O–H groups in total. The van der Waals surface area contributed by atoms with Gasteiger partial charge in [-0.05, 0) is 48.2 Å². The number of carbonyl (C=O) groups is 1. The van der Waals surface area contributed by atoms with E-state index in [1.807, 2.05) is 35.2 Å². The van der Waals surface area contributed by atoms with E-state index in [9.17, 15) is 9.90 Å². The Morgan fingerprint density at radius 1 is 0.906 bits per heavy atom. The SMILES string of the molecule is CC(C)(C)[Si](C)(C)O[C@H]1[C@H](O[Si](C)(C)C(C)(C)C)C(=O)N(Cc2ccccc2)[C@H]1CCO. The average molecular weight is 480 g/mol. The Labute approximate surface area is 197 Å². The van der Waals surface area contributed by atoms with Crippen molar-refractivity contribution in [3.05, 3.63) is 35.9 Å². The summed E-state index contributed by atoms with van der Waals surface area (Å²) >= 11 is 0. The van der Waals surface area contributed by atoms with Crippen molar-refractivity contribution in [3.8, 4) is 0 Å². The highest BCUT2D eigenvalue weighted by Gasteiger charge is 2.55. The topological polar surface area (TPSA) is 59.0 Å². The van der Waals surface area contributed by atoms with E-state index < -0.39 is 22.7 Å². The van der Waals surface area contributed by atoms with Gasteiger partial charge in [-0.1, -0.05) is 71.9 Å². The number of carbonyl (C=O) groups excluding carboxylic acids is 1. The van der Waals surface area contributed by atoms with Crippen LogP contribution in [0.25, 0.3) is 0 Å². The molecule has 1 aromatic carbocycles. The second-order valence-corrected chi connectivity index (χ2v) is 21.7. The summed E-state index contributed by atoms with van der Waals surface area (Å²) in [5.41, 5.74) is 1.07. The average Bonchev–Trinajstić information content (AvgIpc) is 2.86. The monoisotopic (exact) mass is 479 g/mol. The molecular formula is C25H45NO4Si2. The van der Waals surface area contributed by atoms with E-state index in [0.29, 0.717) is 13.0 Å². The number of hydrogen-bond acceptors (Lipinski definition) is 4. The van der Waals surface area contributed by atoms with E-state index in [1.165, 1.54) is 0 Å². The molecule has 0 bridgehead atoms. The minimum Gasteiger partial charge on any atom is -0.409 e. The third-order valence-corrected chi connectivity index (χ3v) is 16.6. The van der Waals surface area contributed by atoms with Crippen LogP contribution in [0.15, 0.2) is 30.3 Å². The Balaban J connectivity index is 2.49. The zero-order valence-electron chi connectivity index (χ0n) is 21.9. The Bertz CT molecular complexity index is 768. The quantitative estimate of drug-likeness (QED) is 0.496. The molecule has 32 heavy (non-hydrogen) atoms. The lowest BCUT2D eigenvalue weighted by molar-refractivity contribution is -0.135. The van der Waals surface area contributed by atoms with Crippen LogP contribution in [0.5, 0.6) is 0 Å². The summed E-state index contributed by atoms with van der Waals surface area (Å²) in [4.78, 5) is 15.7. The molecule has 1 aromatic rings. The van der Waals surface area contributed by atoms with Gasteiger partial charge in [-0.2, -0.15) is 0 Å². The lowest BCUT2D eigenvalue weighted by atomic mass is 10.1. The first-order valence-corrected chi connectivity index (χ1v) is 17.6. The van der Waals surface area contributed by atoms with E-state index >= 15 is 0 Å². The van der Waals surface area contributed by atoms with Crippen LogP contribution in [-0.4, -0.2) is 57.4 Å². The lowest BCUT2D eigenvalue weighted by Gasteiger charge is -2.43. The highest BCUT2D eigenvalue weighted by Crippen LogP contribution is 2.43. The molecule has 0 radical (unpaired) electrons. The van der Waals surface area contributed by atoms with Crippen molar-refractivity contribution in [2.24, 2.45) is 0 Å². The van der Waals surface area contributed by atoms with Gasteiger partial charge in [-0.25, -0.2) is 0 Å². The molecule has 1 heterocycles. The summed E-state index contributed by atoms with van der Waals surface area (Å²) in [5.74, 6) is -0.0131. The van der Waals surface area contributed by atoms with Gasteiger partial charge < -0.3 is 18.9 Å². The van der Waals surface area contributed by atoms with Crippen LogP contribution < -0.4 is 0 Å². The first kappa shape index (κ1) is 27.2. The van der Waals surface area contributed by atoms with Crippen molar-refractivity contribution in [1.29, 1.82) is 0 Å². The highest BCUT2D eigenvalue weighted by molar-refractivity contribution is 6.74. The first-order chi connectivity index (χ1) is 14.5. The van der Waals surface area contributed by atoms with Gasteiger partial charge in [0.2, 0.25) is 0 Å². The van der Waals surface area contributed by atoms with Crippen LogP contribution in [0.2, 0.25) is 36.3 Å². The van der Waals surface area contributed by atoms with Crippen molar-refractivity contribution in [3.63, 3.8) is 0 Å². The van der Waals surface area contributed by atoms with E-state index in [2.05, 4.69) is 67.7 Å². The fourth-order valence-electron chi connectivity index (χ4n) is 3.54. The molecule has 0 unspecified atom stereocenters. The predicted molar refractivity (Wildman–Crippen MR) is 137 cm³/mol. The van der Waals surface area contributed by atoms with Crippen LogP contribution >= 0.6 is 0 Å². The second kappa shape index (κ2) is 9.70. The molecule has 0 saturated carbocycles. The number of likely N-dealkylation sites (tertiary alicyclic amines) is 1. The zero-order valence-corrected chi connectivity index (χ0v) is 23.9. The van der Waals surface area contributed by atoms with Gasteiger partial charge in [0.1, 0.15) is 0 Å². The molecule has 1 amide bonds. The predicted octanol–water partition coefficient (Wildman–Crippen LogP) is 5.56. The van der Waals surface area contributed by atoms with Gasteiger partial charge >= 0.3 is 0 Å². The smallest absolute Gasteiger partial charge is 0.253 e. The van der Waals surface area contributed by atoms with Gasteiger partial charge in [-0.15, -0.1) is 0 Å². The molecule has 7 heteroatoms. The molecule has 5 nitrogen and oxygen atoms in total. The number of rotatable bonds is 8. The Hall–Kier alpha value is -0.996. The first-order valence-electron chi connectivity index (χ1n) is 11.8. The number of amides is 1. The highest BCUT2D eigenvalue weighted by atomic mass is 28.4. The molecule has 1 aliphatic heterocycles. The maximum atomic E-state index is 13.8. The summed E-state index contributed by atoms with van der Waals surface area (Å²) in [6.45, 7) is 22.5. The molecule has 0 aromatic heterocycles. The normalized spacial score (nSPS) is 23.2. The maximum absolute atomic E-state index is 13.8. The Morgan fingerprint density at radius 2 is 1.41 bits per heavy atom. The third-order valence-electron chi connectivity index (χ3n) is 7.69. The van der Waals surface area contributed by atoms with Gasteiger partial charge in [0, 0.05) is 13.2 Å². The minimum atomic E-state index is -2.22. The van der Waals surface area contributed by atoms with Gasteiger partial charge in [0.15, 0.2) is 22.7 Å². The molecule has 1 saturated heterocycles. The van der Waals surface area contributed by atoms with Crippen LogP contribution in [0.4, 0.5) is 0 Å². The van der Waals surface area contributed by atoms with Crippen molar-refractivity contribution >= 4 is 22.5 Å². The maximum Gasteiger partial charge on any atom is 0.253 e. The standard InChI is InChI=1S/C25H45NO4Si2/c1-24(2,3)31(7,8)29-21-20(16-17-27)26(18-19-14-12-11-13-15-19)23(28)22(21)30-32(9,10)25(4,5)6/h11-15,20-22,27H,16-18H2,1-10H3/t20-,21+,22-/m0/s1. The molecule has 1 aliphatic rings. The zero-order chi connectivity index (χ0) is 24.5. The summed E-state index contributed by atoms with van der Waals surface area (Å²) in [7, 11) is -4.40. The molecule has 182 valence electrons. The van der Waals surface area contributed by atoms with E-state index in [1.54, 1.807) is 0 Å². The minimum absolute atomic E-state index is 0.00735. The summed E-state index contributed by atoms with van der Waals surface area (Å²) in [6, 6.07) is 9.82. The Morgan fingerprint density at radius 3 is 1.88 bits per heavy atom. The van der Waals surface area contributed by atoms with Crippen LogP contribution in [0, 0.1) is 0 Å². The van der Waals surface area contributed by atoms with Crippen molar-refractivity contribution in [2.45, 2.75) is 109 Å². The van der Waals surface area contributed by atoms with Gasteiger partial charge in [0.05, 0.1) is 12.1 Å². The summed E-state index contributed by atoms with van der Waals surface area (Å²) in [5, 5.41) is 9.89. The largest absolute Gasteiger partial charge is 0.409 e. The number of aliphatic hydroxyl groups is 1. The summed E-state index contributed by atoms with van der Waals surface area (Å²) < 4.78 is 13.7. The van der Waals surface area contributed by atoms with Gasteiger partial charge in [0.25, 0.3) is 5.91 Å². The van der Waals surface area contributed by atoms with E-state index in [0.717, 1.165) is 5.56 Å². The lowest BCUT2D eigenvalue weighted by Crippen LogP contribution is -2.53. The number of benzene rings is 1. The molecule has 0 spiro atoms. The Kier molecular flexibility index (Phi) is 8.26. The number of aliphatic hydroxyl groups excluding tert-OH is 1. The van der Waals surface area contributed by atoms with Gasteiger partial charge in [-0.3, -0.25) is 4.79 Å². The fourth-order valence-corrected chi connectivity index (χ4v) is 6.08. The van der Waals surface area contributed by atoms with Crippen molar-refractivity contribution in [2.75, 3.05) is 6.61 Å². The van der Waals surface area contributed by atoms with Crippen LogP contribution in [0.1, 0.15) is 53.5 Å². The van der Waals surface area contributed by atoms with Crippen molar-refractivity contribution in [1.82, 2.24) is 4.90 Å². The van der Waals surface area contributed by atoms with E-state index in [-0.39, 0.29) is 34.7 Å². The van der Waals surface area contributed by atoms with Crippen LogP contribution in [0.3, 0.4) is 0 Å². The van der Waals surface area contributed by atoms with E-state index in [4.69, 9.17) is 8.85 Å². The number of nitrogens with zero attached hydrogens (tertiary/aromatic N) is 1. The molecular weight excluding hydrogens is 434 g/mol. The number of hydrogen-bond donors (Lipinski definition) is 1. The third kappa shape index (κ3) is 5.92. The fraction of sp³-hybridized carbons (Fsp3) is 0.720. The molecule has 1 fully saturated rings. The molecule has 2 rings (SSSR count). The van der Waals surface area contributed by atoms with Crippen LogP contribution in [-0.2, 0) is 20.2 Å².